The Morgan fingerprint density at radius 2 is 2.18 bits per heavy atom. The number of nitrogens with zero attached hydrogens (tertiary/aromatic N) is 3. The lowest BCUT2D eigenvalue weighted by Crippen LogP contribution is -2.20. The zero-order chi connectivity index (χ0) is 12.3. The molecule has 1 aromatic carbocycles. The van der Waals surface area contributed by atoms with Gasteiger partial charge in [0.15, 0.2) is 0 Å². The summed E-state index contributed by atoms with van der Waals surface area (Å²) in [6.07, 6.45) is 2.45. The first-order valence-electron chi connectivity index (χ1n) is 5.47. The predicted octanol–water partition coefficient (Wildman–Crippen LogP) is 1.46. The first-order valence-corrected chi connectivity index (χ1v) is 5.47. The van der Waals surface area contributed by atoms with Crippen LogP contribution in [0.2, 0.25) is 0 Å². The molecule has 0 bridgehead atoms. The van der Waals surface area contributed by atoms with Crippen LogP contribution in [0.3, 0.4) is 0 Å². The maximum absolute atomic E-state index is 13.7. The van der Waals surface area contributed by atoms with Gasteiger partial charge in [-0.2, -0.15) is 0 Å². The van der Waals surface area contributed by atoms with Crippen molar-refractivity contribution in [2.45, 2.75) is 12.5 Å². The van der Waals surface area contributed by atoms with Crippen LogP contribution in [-0.4, -0.2) is 22.0 Å². The maximum atomic E-state index is 13.7. The Morgan fingerprint density at radius 1 is 1.41 bits per heavy atom. The lowest BCUT2D eigenvalue weighted by molar-refractivity contribution is 0.530. The fourth-order valence-corrected chi connectivity index (χ4v) is 1.82. The van der Waals surface area contributed by atoms with E-state index in [1.165, 1.54) is 6.07 Å². The summed E-state index contributed by atoms with van der Waals surface area (Å²) < 4.78 is 15.3. The number of rotatable bonds is 4. The third-order valence-electron chi connectivity index (χ3n) is 2.69. The van der Waals surface area contributed by atoms with Gasteiger partial charge in [-0.1, -0.05) is 23.4 Å². The maximum Gasteiger partial charge on any atom is 0.127 e. The van der Waals surface area contributed by atoms with Crippen molar-refractivity contribution in [3.63, 3.8) is 0 Å². The van der Waals surface area contributed by atoms with E-state index in [0.717, 1.165) is 5.69 Å². The van der Waals surface area contributed by atoms with Gasteiger partial charge in [0.05, 0.1) is 5.69 Å². The van der Waals surface area contributed by atoms with E-state index in [4.69, 9.17) is 0 Å². The number of hydrogen-bond acceptors (Lipinski definition) is 3. The quantitative estimate of drug-likeness (QED) is 0.870. The van der Waals surface area contributed by atoms with E-state index in [9.17, 15) is 4.39 Å². The van der Waals surface area contributed by atoms with E-state index in [1.54, 1.807) is 16.8 Å². The lowest BCUT2D eigenvalue weighted by Gasteiger charge is -2.15. The van der Waals surface area contributed by atoms with Gasteiger partial charge in [-0.05, 0) is 13.1 Å². The molecule has 1 aromatic heterocycles. The Hall–Kier alpha value is -1.75. The van der Waals surface area contributed by atoms with E-state index < -0.39 is 0 Å². The number of likely N-dealkylation sites (N-methyl/N-ethyl adjacent to an activating group) is 1. The van der Waals surface area contributed by atoms with Crippen LogP contribution in [0.4, 0.5) is 4.39 Å². The van der Waals surface area contributed by atoms with Gasteiger partial charge >= 0.3 is 0 Å². The summed E-state index contributed by atoms with van der Waals surface area (Å²) >= 11 is 0. The SMILES string of the molecule is CNC(Cc1cn(C)nn1)c1ccccc1F. The number of nitrogens with one attached hydrogen (secondary N) is 1. The summed E-state index contributed by atoms with van der Waals surface area (Å²) in [6, 6.07) is 6.68. The molecule has 1 atom stereocenters. The van der Waals surface area contributed by atoms with Gasteiger partial charge in [-0.15, -0.1) is 5.10 Å². The molecule has 2 aromatic rings. The number of benzene rings is 1. The molecule has 1 unspecified atom stereocenters. The van der Waals surface area contributed by atoms with E-state index >= 15 is 0 Å². The second kappa shape index (κ2) is 5.05. The molecule has 0 fully saturated rings. The molecule has 0 aliphatic heterocycles. The van der Waals surface area contributed by atoms with Crippen LogP contribution >= 0.6 is 0 Å². The van der Waals surface area contributed by atoms with Crippen molar-refractivity contribution in [1.29, 1.82) is 0 Å². The minimum absolute atomic E-state index is 0.0899. The minimum atomic E-state index is -0.198. The van der Waals surface area contributed by atoms with Crippen molar-refractivity contribution in [2.24, 2.45) is 7.05 Å². The molecule has 90 valence electrons. The number of hydrogen-bond donors (Lipinski definition) is 1. The smallest absolute Gasteiger partial charge is 0.127 e. The van der Waals surface area contributed by atoms with Gasteiger partial charge in [0, 0.05) is 31.3 Å². The molecule has 0 aliphatic rings. The average molecular weight is 234 g/mol. The second-order valence-corrected chi connectivity index (χ2v) is 3.95. The van der Waals surface area contributed by atoms with Crippen molar-refractivity contribution >= 4 is 0 Å². The molecular weight excluding hydrogens is 219 g/mol. The third kappa shape index (κ3) is 2.68. The topological polar surface area (TPSA) is 42.7 Å². The van der Waals surface area contributed by atoms with Crippen LogP contribution in [0.15, 0.2) is 30.5 Å². The van der Waals surface area contributed by atoms with Crippen molar-refractivity contribution < 1.29 is 4.39 Å². The van der Waals surface area contributed by atoms with E-state index in [-0.39, 0.29) is 11.9 Å². The summed E-state index contributed by atoms with van der Waals surface area (Å²) in [4.78, 5) is 0. The summed E-state index contributed by atoms with van der Waals surface area (Å²) in [5.74, 6) is -0.198. The molecule has 0 saturated carbocycles. The largest absolute Gasteiger partial charge is 0.313 e. The first kappa shape index (κ1) is 11.7. The van der Waals surface area contributed by atoms with E-state index in [0.29, 0.717) is 12.0 Å². The zero-order valence-electron chi connectivity index (χ0n) is 9.89. The molecule has 0 amide bonds. The Morgan fingerprint density at radius 3 is 2.76 bits per heavy atom. The Kier molecular flexibility index (Phi) is 3.49. The molecule has 17 heavy (non-hydrogen) atoms. The van der Waals surface area contributed by atoms with Gasteiger partial charge in [-0.25, -0.2) is 4.39 Å². The highest BCUT2D eigenvalue weighted by Gasteiger charge is 2.15. The van der Waals surface area contributed by atoms with Crippen LogP contribution < -0.4 is 5.32 Å². The monoisotopic (exact) mass is 234 g/mol. The van der Waals surface area contributed by atoms with Crippen LogP contribution in [0.1, 0.15) is 17.3 Å². The van der Waals surface area contributed by atoms with E-state index in [2.05, 4.69) is 15.6 Å². The summed E-state index contributed by atoms with van der Waals surface area (Å²) in [5.41, 5.74) is 1.50. The molecule has 5 heteroatoms. The highest BCUT2D eigenvalue weighted by Crippen LogP contribution is 2.19. The van der Waals surface area contributed by atoms with Gasteiger partial charge in [0.2, 0.25) is 0 Å². The summed E-state index contributed by atoms with van der Waals surface area (Å²) in [6.45, 7) is 0. The van der Waals surface area contributed by atoms with Crippen LogP contribution in [0, 0.1) is 5.82 Å². The standard InChI is InChI=1S/C12H15FN4/c1-14-12(7-9-8-17(2)16-15-9)10-5-3-4-6-11(10)13/h3-6,8,12,14H,7H2,1-2H3. The first-order chi connectivity index (χ1) is 8.20. The van der Waals surface area contributed by atoms with Gasteiger partial charge < -0.3 is 5.32 Å². The highest BCUT2D eigenvalue weighted by molar-refractivity contribution is 5.22. The molecule has 2 rings (SSSR count). The van der Waals surface area contributed by atoms with Gasteiger partial charge in [-0.3, -0.25) is 4.68 Å². The van der Waals surface area contributed by atoms with Crippen LogP contribution in [0.5, 0.6) is 0 Å². The molecule has 0 saturated heterocycles. The Labute approximate surface area is 99.5 Å². The highest BCUT2D eigenvalue weighted by atomic mass is 19.1. The van der Waals surface area contributed by atoms with Crippen molar-refractivity contribution in [3.8, 4) is 0 Å². The number of halogens is 1. The summed E-state index contributed by atoms with van der Waals surface area (Å²) in [7, 11) is 3.63. The fourth-order valence-electron chi connectivity index (χ4n) is 1.82. The normalized spacial score (nSPS) is 12.6. The zero-order valence-corrected chi connectivity index (χ0v) is 9.89. The second-order valence-electron chi connectivity index (χ2n) is 3.95. The predicted molar refractivity (Wildman–Crippen MR) is 62.9 cm³/mol. The Bertz CT molecular complexity index is 495. The van der Waals surface area contributed by atoms with Crippen molar-refractivity contribution in [2.75, 3.05) is 7.05 Å². The molecule has 1 N–H and O–H groups in total. The molecule has 1 heterocycles. The van der Waals surface area contributed by atoms with Crippen molar-refractivity contribution in [3.05, 3.63) is 47.5 Å². The molecule has 0 spiro atoms. The van der Waals surface area contributed by atoms with Crippen LogP contribution in [0.25, 0.3) is 0 Å². The van der Waals surface area contributed by atoms with E-state index in [1.807, 2.05) is 26.4 Å². The Balaban J connectivity index is 2.20. The minimum Gasteiger partial charge on any atom is -0.313 e. The third-order valence-corrected chi connectivity index (χ3v) is 2.69. The molecule has 0 aliphatic carbocycles. The molecule has 0 radical (unpaired) electrons. The summed E-state index contributed by atoms with van der Waals surface area (Å²) in [5, 5.41) is 11.0. The molecular formula is C12H15FN4. The van der Waals surface area contributed by atoms with Crippen LogP contribution in [-0.2, 0) is 13.5 Å². The van der Waals surface area contributed by atoms with Crippen molar-refractivity contribution in [1.82, 2.24) is 20.3 Å². The fraction of sp³-hybridized carbons (Fsp3) is 0.333. The van der Waals surface area contributed by atoms with Gasteiger partial charge in [0.1, 0.15) is 5.82 Å². The number of aryl methyl sites for hydroxylation is 1. The molecule has 4 nitrogen and oxygen atoms in total. The van der Waals surface area contributed by atoms with Gasteiger partial charge in [0.25, 0.3) is 0 Å². The lowest BCUT2D eigenvalue weighted by atomic mass is 10.0. The number of aromatic nitrogens is 3. The average Bonchev–Trinajstić information content (AvgIpc) is 2.73.